The molecule has 0 aliphatic heterocycles. The van der Waals surface area contributed by atoms with Crippen molar-refractivity contribution in [2.24, 2.45) is 0 Å². The number of hydrogen-bond donors (Lipinski definition) is 1. The summed E-state index contributed by atoms with van der Waals surface area (Å²) in [5.41, 5.74) is 3.76. The molecule has 1 N–H and O–H groups in total. The predicted octanol–water partition coefficient (Wildman–Crippen LogP) is 6.54. The molecule has 4 nitrogen and oxygen atoms in total. The molecular formula is C30H32Cl2N2O2. The topological polar surface area (TPSA) is 49.4 Å². The van der Waals surface area contributed by atoms with E-state index in [1.807, 2.05) is 67.6 Å². The molecule has 0 radical (unpaired) electrons. The van der Waals surface area contributed by atoms with Gasteiger partial charge in [0.2, 0.25) is 11.8 Å². The summed E-state index contributed by atoms with van der Waals surface area (Å²) in [5.74, 6) is -0.234. The van der Waals surface area contributed by atoms with E-state index in [0.717, 1.165) is 47.9 Å². The summed E-state index contributed by atoms with van der Waals surface area (Å²) in [5, 5.41) is 4.24. The van der Waals surface area contributed by atoms with E-state index in [4.69, 9.17) is 23.2 Å². The van der Waals surface area contributed by atoms with Gasteiger partial charge in [-0.05, 0) is 48.6 Å². The third kappa shape index (κ3) is 7.11. The second kappa shape index (κ2) is 12.4. The van der Waals surface area contributed by atoms with Gasteiger partial charge in [0, 0.05) is 29.1 Å². The number of nitrogens with zero attached hydrogens (tertiary/aromatic N) is 1. The Morgan fingerprint density at radius 3 is 2.36 bits per heavy atom. The molecule has 0 aromatic heterocycles. The molecule has 1 aliphatic carbocycles. The number of carbonyl (C=O) groups excluding carboxylic acids is 2. The Bertz CT molecular complexity index is 1190. The molecule has 188 valence electrons. The van der Waals surface area contributed by atoms with E-state index < -0.39 is 6.04 Å². The minimum absolute atomic E-state index is 0.117. The van der Waals surface area contributed by atoms with Crippen LogP contribution < -0.4 is 5.32 Å². The molecule has 4 rings (SSSR count). The van der Waals surface area contributed by atoms with Crippen LogP contribution in [-0.4, -0.2) is 28.8 Å². The summed E-state index contributed by atoms with van der Waals surface area (Å²) in [6.07, 6.45) is 4.81. The first kappa shape index (κ1) is 26.2. The standard InChI is InChI=1S/C30H32Cl2N2O2/c1-21-8-7-11-23(16-21)18-29(35)34(20-24-14-15-25(31)19-27(24)32)28(17-22-9-3-2-4-10-22)30(36)33-26-12-5-6-13-26/h2-4,7-11,14-16,19,26,28H,5-6,12-13,17-18,20H2,1H3,(H,33,36)/t28-/m0/s1. The molecule has 1 atom stereocenters. The van der Waals surface area contributed by atoms with Gasteiger partial charge in [-0.1, -0.05) is 102 Å². The molecule has 0 heterocycles. The summed E-state index contributed by atoms with van der Waals surface area (Å²) >= 11 is 12.6. The summed E-state index contributed by atoms with van der Waals surface area (Å²) in [7, 11) is 0. The van der Waals surface area contributed by atoms with Crippen molar-refractivity contribution in [2.75, 3.05) is 0 Å². The van der Waals surface area contributed by atoms with Gasteiger partial charge < -0.3 is 10.2 Å². The molecule has 6 heteroatoms. The van der Waals surface area contributed by atoms with Crippen molar-refractivity contribution in [1.29, 1.82) is 0 Å². The molecule has 36 heavy (non-hydrogen) atoms. The second-order valence-corrected chi connectivity index (χ2v) is 10.5. The van der Waals surface area contributed by atoms with E-state index in [2.05, 4.69) is 5.32 Å². The van der Waals surface area contributed by atoms with Crippen LogP contribution in [0.5, 0.6) is 0 Å². The zero-order valence-corrected chi connectivity index (χ0v) is 22.1. The number of rotatable bonds is 9. The van der Waals surface area contributed by atoms with Crippen LogP contribution in [0.2, 0.25) is 10.0 Å². The third-order valence-electron chi connectivity index (χ3n) is 6.77. The molecule has 1 saturated carbocycles. The van der Waals surface area contributed by atoms with Crippen molar-refractivity contribution in [2.45, 2.75) is 64.1 Å². The van der Waals surface area contributed by atoms with E-state index in [1.54, 1.807) is 17.0 Å². The first-order valence-electron chi connectivity index (χ1n) is 12.5. The number of carbonyl (C=O) groups is 2. The van der Waals surface area contributed by atoms with Crippen molar-refractivity contribution in [3.05, 3.63) is 105 Å². The number of amides is 2. The fraction of sp³-hybridized carbons (Fsp3) is 0.333. The van der Waals surface area contributed by atoms with Crippen LogP contribution in [0.4, 0.5) is 0 Å². The molecule has 0 spiro atoms. The fourth-order valence-corrected chi connectivity index (χ4v) is 5.32. The monoisotopic (exact) mass is 522 g/mol. The van der Waals surface area contributed by atoms with Crippen molar-refractivity contribution < 1.29 is 9.59 Å². The smallest absolute Gasteiger partial charge is 0.243 e. The van der Waals surface area contributed by atoms with Crippen LogP contribution in [0.15, 0.2) is 72.8 Å². The largest absolute Gasteiger partial charge is 0.352 e. The van der Waals surface area contributed by atoms with Crippen molar-refractivity contribution in [3.8, 4) is 0 Å². The molecular weight excluding hydrogens is 491 g/mol. The van der Waals surface area contributed by atoms with E-state index in [1.165, 1.54) is 0 Å². The van der Waals surface area contributed by atoms with Gasteiger partial charge in [0.15, 0.2) is 0 Å². The van der Waals surface area contributed by atoms with E-state index in [-0.39, 0.29) is 30.8 Å². The SMILES string of the molecule is Cc1cccc(CC(=O)N(Cc2ccc(Cl)cc2Cl)[C@@H](Cc2ccccc2)C(=O)NC2CCCC2)c1. The van der Waals surface area contributed by atoms with Crippen LogP contribution in [0.3, 0.4) is 0 Å². The fourth-order valence-electron chi connectivity index (χ4n) is 4.85. The number of aryl methyl sites for hydroxylation is 1. The Balaban J connectivity index is 1.68. The van der Waals surface area contributed by atoms with Gasteiger partial charge in [0.25, 0.3) is 0 Å². The average molecular weight is 524 g/mol. The number of hydrogen-bond acceptors (Lipinski definition) is 2. The molecule has 0 bridgehead atoms. The Kier molecular flexibility index (Phi) is 9.06. The van der Waals surface area contributed by atoms with Gasteiger partial charge >= 0.3 is 0 Å². The highest BCUT2D eigenvalue weighted by Crippen LogP contribution is 2.25. The summed E-state index contributed by atoms with van der Waals surface area (Å²) in [6, 6.07) is 22.5. The van der Waals surface area contributed by atoms with Gasteiger partial charge in [-0.3, -0.25) is 9.59 Å². The number of halogens is 2. The minimum Gasteiger partial charge on any atom is -0.352 e. The Hall–Kier alpha value is -2.82. The molecule has 0 saturated heterocycles. The summed E-state index contributed by atoms with van der Waals surface area (Å²) in [6.45, 7) is 2.22. The van der Waals surface area contributed by atoms with Crippen molar-refractivity contribution in [1.82, 2.24) is 10.2 Å². The molecule has 1 aliphatic rings. The molecule has 3 aromatic rings. The maximum Gasteiger partial charge on any atom is 0.243 e. The summed E-state index contributed by atoms with van der Waals surface area (Å²) < 4.78 is 0. The number of nitrogens with one attached hydrogen (secondary N) is 1. The van der Waals surface area contributed by atoms with Gasteiger partial charge in [-0.2, -0.15) is 0 Å². The lowest BCUT2D eigenvalue weighted by molar-refractivity contribution is -0.141. The lowest BCUT2D eigenvalue weighted by Crippen LogP contribution is -2.52. The van der Waals surface area contributed by atoms with Gasteiger partial charge in [-0.15, -0.1) is 0 Å². The van der Waals surface area contributed by atoms with Gasteiger partial charge in [0.05, 0.1) is 6.42 Å². The van der Waals surface area contributed by atoms with Crippen LogP contribution >= 0.6 is 23.2 Å². The highest BCUT2D eigenvalue weighted by molar-refractivity contribution is 6.35. The van der Waals surface area contributed by atoms with E-state index in [9.17, 15) is 9.59 Å². The zero-order valence-electron chi connectivity index (χ0n) is 20.6. The zero-order chi connectivity index (χ0) is 25.5. The lowest BCUT2D eigenvalue weighted by Gasteiger charge is -2.33. The van der Waals surface area contributed by atoms with Crippen LogP contribution in [0.25, 0.3) is 0 Å². The maximum absolute atomic E-state index is 13.9. The Labute approximate surface area is 223 Å². The van der Waals surface area contributed by atoms with Gasteiger partial charge in [0.1, 0.15) is 6.04 Å². The normalized spacial score (nSPS) is 14.4. The molecule has 0 unspecified atom stereocenters. The van der Waals surface area contributed by atoms with Crippen molar-refractivity contribution in [3.63, 3.8) is 0 Å². The molecule has 1 fully saturated rings. The third-order valence-corrected chi connectivity index (χ3v) is 7.35. The lowest BCUT2D eigenvalue weighted by atomic mass is 10.0. The Morgan fingerprint density at radius 2 is 1.67 bits per heavy atom. The van der Waals surface area contributed by atoms with Crippen LogP contribution in [0.1, 0.15) is 47.9 Å². The first-order chi connectivity index (χ1) is 17.4. The predicted molar refractivity (Wildman–Crippen MR) is 146 cm³/mol. The van der Waals surface area contributed by atoms with E-state index in [0.29, 0.717) is 16.5 Å². The first-order valence-corrected chi connectivity index (χ1v) is 13.3. The van der Waals surface area contributed by atoms with Crippen LogP contribution in [-0.2, 0) is 29.0 Å². The minimum atomic E-state index is -0.669. The quantitative estimate of drug-likeness (QED) is 0.346. The molecule has 2 amide bonds. The van der Waals surface area contributed by atoms with Gasteiger partial charge in [-0.25, -0.2) is 0 Å². The number of benzene rings is 3. The second-order valence-electron chi connectivity index (χ2n) is 9.62. The van der Waals surface area contributed by atoms with Crippen molar-refractivity contribution >= 4 is 35.0 Å². The van der Waals surface area contributed by atoms with E-state index >= 15 is 0 Å². The molecule has 3 aromatic carbocycles. The average Bonchev–Trinajstić information content (AvgIpc) is 3.36. The van der Waals surface area contributed by atoms with Crippen LogP contribution in [0, 0.1) is 6.92 Å². The highest BCUT2D eigenvalue weighted by atomic mass is 35.5. The summed E-state index contributed by atoms with van der Waals surface area (Å²) in [4.78, 5) is 29.3. The maximum atomic E-state index is 13.9. The Morgan fingerprint density at radius 1 is 0.944 bits per heavy atom. The highest BCUT2D eigenvalue weighted by Gasteiger charge is 2.32.